The van der Waals surface area contributed by atoms with Crippen molar-refractivity contribution in [3.8, 4) is 17.1 Å². The second-order valence-corrected chi connectivity index (χ2v) is 13.7. The van der Waals surface area contributed by atoms with Crippen molar-refractivity contribution in [2.45, 2.75) is 69.0 Å². The molecule has 1 N–H and O–H groups in total. The predicted octanol–water partition coefficient (Wildman–Crippen LogP) is 6.81. The fourth-order valence-corrected chi connectivity index (χ4v) is 7.72. The number of anilines is 1. The van der Waals surface area contributed by atoms with Gasteiger partial charge < -0.3 is 9.47 Å². The van der Waals surface area contributed by atoms with E-state index in [0.29, 0.717) is 24.1 Å². The summed E-state index contributed by atoms with van der Waals surface area (Å²) in [5, 5.41) is 0. The number of aryl methyl sites for hydroxylation is 2. The molecule has 1 aromatic heterocycles. The molecular weight excluding hydrogens is 567 g/mol. The van der Waals surface area contributed by atoms with Gasteiger partial charge in [-0.25, -0.2) is 18.1 Å². The number of halogens is 3. The number of aromatic nitrogens is 2. The number of alkyl halides is 3. The second-order valence-electron chi connectivity index (χ2n) is 12.0. The lowest BCUT2D eigenvalue weighted by Crippen LogP contribution is -2.40. The molecule has 2 heterocycles. The fraction of sp³-hybridized carbons (Fsp3) is 0.484. The average molecular weight is 602 g/mol. The molecule has 224 valence electrons. The number of nitrogens with one attached hydrogen (secondary N) is 1. The third-order valence-electron chi connectivity index (χ3n) is 9.25. The predicted molar refractivity (Wildman–Crippen MR) is 152 cm³/mol. The van der Waals surface area contributed by atoms with Crippen LogP contribution in [0.2, 0.25) is 0 Å². The van der Waals surface area contributed by atoms with Gasteiger partial charge in [0, 0.05) is 24.7 Å². The van der Waals surface area contributed by atoms with E-state index in [-0.39, 0.29) is 60.5 Å². The SMILES string of the molecule is CO[C@H]1C[C@@H](C2c3cccc(c3)S(=O)(=O)Nc3nc(cc(-c4c(C)cccc4C)n3)OC[C@H]2CC2(C(F)(F)F)CC2)C1. The van der Waals surface area contributed by atoms with Crippen LogP contribution in [0.4, 0.5) is 19.1 Å². The standard InChI is InChI=1S/C31H34F3N3O4S/c1-18-6-4-7-19(2)27(18)25-15-26-36-29(35-25)37-42(38,39)24-9-5-8-20(14-24)28(21-12-23(13-21)40-3)22(17-41-26)16-30(10-11-30)31(32,33)34/h4-9,14-15,21-23,28H,10-13,16-17H2,1-3H3,(H,35,36,37)/t21-,22-,23+,28?/m1/s1. The maximum absolute atomic E-state index is 14.3. The monoisotopic (exact) mass is 601 g/mol. The summed E-state index contributed by atoms with van der Waals surface area (Å²) < 4.78 is 84.2. The zero-order chi connectivity index (χ0) is 29.9. The van der Waals surface area contributed by atoms with E-state index in [2.05, 4.69) is 14.7 Å². The molecule has 0 spiro atoms. The van der Waals surface area contributed by atoms with Crippen molar-refractivity contribution in [2.75, 3.05) is 18.4 Å². The van der Waals surface area contributed by atoms with E-state index in [1.165, 1.54) is 6.07 Å². The Bertz CT molecular complexity index is 1580. The Morgan fingerprint density at radius 2 is 1.74 bits per heavy atom. The highest BCUT2D eigenvalue weighted by atomic mass is 32.2. The van der Waals surface area contributed by atoms with Gasteiger partial charge in [0.25, 0.3) is 10.0 Å². The van der Waals surface area contributed by atoms with E-state index in [4.69, 9.17) is 9.47 Å². The third kappa shape index (κ3) is 5.37. The van der Waals surface area contributed by atoms with E-state index in [0.717, 1.165) is 16.7 Å². The summed E-state index contributed by atoms with van der Waals surface area (Å²) in [5.41, 5.74) is 2.06. The Hall–Kier alpha value is -3.18. The largest absolute Gasteiger partial charge is 0.477 e. The molecule has 0 saturated heterocycles. The first-order valence-electron chi connectivity index (χ1n) is 14.2. The minimum absolute atomic E-state index is 0.00370. The van der Waals surface area contributed by atoms with E-state index in [1.807, 2.05) is 38.1 Å². The maximum Gasteiger partial charge on any atom is 0.394 e. The van der Waals surface area contributed by atoms with Crippen molar-refractivity contribution in [3.63, 3.8) is 0 Å². The number of hydrogen-bond donors (Lipinski definition) is 1. The molecular formula is C31H34F3N3O4S. The summed E-state index contributed by atoms with van der Waals surface area (Å²) in [4.78, 5) is 8.87. The van der Waals surface area contributed by atoms with Crippen molar-refractivity contribution < 1.29 is 31.1 Å². The molecule has 11 heteroatoms. The highest BCUT2D eigenvalue weighted by molar-refractivity contribution is 7.92. The molecule has 3 aliphatic rings. The topological polar surface area (TPSA) is 90.4 Å². The molecule has 1 aliphatic heterocycles. The van der Waals surface area contributed by atoms with Crippen LogP contribution in [0.15, 0.2) is 53.4 Å². The van der Waals surface area contributed by atoms with Crippen molar-refractivity contribution in [1.29, 1.82) is 0 Å². The lowest BCUT2D eigenvalue weighted by Gasteiger charge is -2.44. The first-order chi connectivity index (χ1) is 19.9. The Morgan fingerprint density at radius 1 is 1.05 bits per heavy atom. The van der Waals surface area contributed by atoms with Crippen LogP contribution in [-0.4, -0.2) is 44.4 Å². The van der Waals surface area contributed by atoms with Crippen LogP contribution in [-0.2, 0) is 14.8 Å². The molecule has 4 bridgehead atoms. The minimum atomic E-state index is -4.33. The lowest BCUT2D eigenvalue weighted by atomic mass is 9.64. The van der Waals surface area contributed by atoms with Crippen LogP contribution in [0.25, 0.3) is 11.3 Å². The Kier molecular flexibility index (Phi) is 7.24. The van der Waals surface area contributed by atoms with Crippen molar-refractivity contribution in [1.82, 2.24) is 9.97 Å². The van der Waals surface area contributed by atoms with Crippen LogP contribution >= 0.6 is 0 Å². The molecule has 6 rings (SSSR count). The molecule has 42 heavy (non-hydrogen) atoms. The van der Waals surface area contributed by atoms with Gasteiger partial charge in [-0.2, -0.15) is 18.2 Å². The molecule has 2 saturated carbocycles. The van der Waals surface area contributed by atoms with E-state index in [1.54, 1.807) is 25.3 Å². The summed E-state index contributed by atoms with van der Waals surface area (Å²) in [6, 6.07) is 13.9. The molecule has 7 nitrogen and oxygen atoms in total. The van der Waals surface area contributed by atoms with Crippen molar-refractivity contribution in [3.05, 3.63) is 65.2 Å². The number of methoxy groups -OCH3 is 1. The van der Waals surface area contributed by atoms with Gasteiger partial charge in [0.1, 0.15) is 0 Å². The van der Waals surface area contributed by atoms with Gasteiger partial charge in [0.05, 0.1) is 28.7 Å². The summed E-state index contributed by atoms with van der Waals surface area (Å²) >= 11 is 0. The number of sulfonamides is 1. The zero-order valence-electron chi connectivity index (χ0n) is 23.7. The molecule has 0 radical (unpaired) electrons. The van der Waals surface area contributed by atoms with E-state index < -0.39 is 27.5 Å². The van der Waals surface area contributed by atoms with Gasteiger partial charge in [-0.1, -0.05) is 30.3 Å². The highest BCUT2D eigenvalue weighted by Gasteiger charge is 2.64. The lowest BCUT2D eigenvalue weighted by molar-refractivity contribution is -0.194. The summed E-state index contributed by atoms with van der Waals surface area (Å²) in [6.45, 7) is 3.85. The van der Waals surface area contributed by atoms with Gasteiger partial charge in [0.15, 0.2) is 0 Å². The Morgan fingerprint density at radius 3 is 2.38 bits per heavy atom. The fourth-order valence-electron chi connectivity index (χ4n) is 6.72. The highest BCUT2D eigenvalue weighted by Crippen LogP contribution is 2.63. The van der Waals surface area contributed by atoms with Gasteiger partial charge in [-0.3, -0.25) is 0 Å². The van der Waals surface area contributed by atoms with Crippen molar-refractivity contribution in [2.24, 2.45) is 17.3 Å². The molecule has 3 aromatic rings. The van der Waals surface area contributed by atoms with Gasteiger partial charge in [-0.15, -0.1) is 0 Å². The molecule has 2 atom stereocenters. The molecule has 2 aromatic carbocycles. The summed E-state index contributed by atoms with van der Waals surface area (Å²) in [7, 11) is -2.49. The van der Waals surface area contributed by atoms with Crippen LogP contribution in [0, 0.1) is 31.1 Å². The Balaban J connectivity index is 1.48. The van der Waals surface area contributed by atoms with Crippen LogP contribution in [0.5, 0.6) is 5.88 Å². The number of nitrogens with zero attached hydrogens (tertiary/aromatic N) is 2. The van der Waals surface area contributed by atoms with Crippen LogP contribution < -0.4 is 9.46 Å². The maximum atomic E-state index is 14.3. The molecule has 2 aliphatic carbocycles. The van der Waals surface area contributed by atoms with Crippen molar-refractivity contribution >= 4 is 16.0 Å². The number of fused-ring (bicyclic) bond motifs is 4. The first-order valence-corrected chi connectivity index (χ1v) is 15.7. The van der Waals surface area contributed by atoms with Gasteiger partial charge in [0.2, 0.25) is 11.8 Å². The average Bonchev–Trinajstić information content (AvgIpc) is 3.69. The van der Waals surface area contributed by atoms with Gasteiger partial charge >= 0.3 is 6.18 Å². The Labute approximate surface area is 243 Å². The van der Waals surface area contributed by atoms with Crippen LogP contribution in [0.1, 0.15) is 54.7 Å². The summed E-state index contributed by atoms with van der Waals surface area (Å²) in [5.74, 6) is -0.934. The zero-order valence-corrected chi connectivity index (χ0v) is 24.6. The molecule has 1 unspecified atom stereocenters. The number of rotatable bonds is 5. The second kappa shape index (κ2) is 10.5. The molecule has 2 fully saturated rings. The van der Waals surface area contributed by atoms with E-state index in [9.17, 15) is 21.6 Å². The smallest absolute Gasteiger partial charge is 0.394 e. The van der Waals surface area contributed by atoms with Crippen LogP contribution in [0.3, 0.4) is 0 Å². The van der Waals surface area contributed by atoms with E-state index >= 15 is 0 Å². The normalized spacial score (nSPS) is 26.0. The quantitative estimate of drug-likeness (QED) is 0.346. The number of hydrogen-bond acceptors (Lipinski definition) is 6. The number of ether oxygens (including phenoxy) is 2. The minimum Gasteiger partial charge on any atom is -0.477 e. The first kappa shape index (κ1) is 28.9. The summed E-state index contributed by atoms with van der Waals surface area (Å²) in [6.07, 6.45) is -2.89. The number of benzene rings is 2. The van der Waals surface area contributed by atoms with Gasteiger partial charge in [-0.05, 0) is 86.6 Å². The molecule has 0 amide bonds. The third-order valence-corrected chi connectivity index (χ3v) is 10.6.